The fraction of sp³-hybridized carbons (Fsp3) is 0.375. The summed E-state index contributed by atoms with van der Waals surface area (Å²) in [5.41, 5.74) is 7.39. The molecule has 0 radical (unpaired) electrons. The van der Waals surface area contributed by atoms with Gasteiger partial charge < -0.3 is 10.3 Å². The predicted octanol–water partition coefficient (Wildman–Crippen LogP) is 1.51. The van der Waals surface area contributed by atoms with E-state index in [9.17, 15) is 9.59 Å². The maximum absolute atomic E-state index is 12.4. The summed E-state index contributed by atoms with van der Waals surface area (Å²) in [7, 11) is 0. The first-order valence-corrected chi connectivity index (χ1v) is 7.57. The van der Waals surface area contributed by atoms with Crippen LogP contribution >= 0.6 is 0 Å². The Bertz CT molecular complexity index is 822. The van der Waals surface area contributed by atoms with Crippen LogP contribution in [-0.4, -0.2) is 26.9 Å². The number of aryl methyl sites for hydroxylation is 1. The summed E-state index contributed by atoms with van der Waals surface area (Å²) >= 11 is 0. The number of imide groups is 1. The Kier molecular flexibility index (Phi) is 2.89. The Morgan fingerprint density at radius 1 is 1.26 bits per heavy atom. The van der Waals surface area contributed by atoms with Crippen molar-refractivity contribution in [3.05, 3.63) is 46.6 Å². The topological polar surface area (TPSA) is 102 Å². The number of nitrogens with two attached hydrogens (primary N) is 1. The molecule has 0 saturated heterocycles. The third kappa shape index (κ3) is 2.08. The normalized spacial score (nSPS) is 19.0. The van der Waals surface area contributed by atoms with Gasteiger partial charge in [-0.15, -0.1) is 0 Å². The van der Waals surface area contributed by atoms with Crippen molar-refractivity contribution >= 4 is 11.8 Å². The van der Waals surface area contributed by atoms with Crippen LogP contribution in [0.15, 0.2) is 22.7 Å². The van der Waals surface area contributed by atoms with E-state index in [-0.39, 0.29) is 24.2 Å². The van der Waals surface area contributed by atoms with E-state index in [1.165, 1.54) is 0 Å². The molecule has 0 atom stereocenters. The number of benzene rings is 1. The van der Waals surface area contributed by atoms with Gasteiger partial charge in [0.2, 0.25) is 5.89 Å². The van der Waals surface area contributed by atoms with Gasteiger partial charge in [-0.05, 0) is 38.3 Å². The predicted molar refractivity (Wildman–Crippen MR) is 79.4 cm³/mol. The average Bonchev–Trinajstić information content (AvgIpc) is 3.05. The molecule has 2 aromatic rings. The fourth-order valence-electron chi connectivity index (χ4n) is 2.99. The van der Waals surface area contributed by atoms with Gasteiger partial charge in [-0.3, -0.25) is 14.5 Å². The molecule has 4 rings (SSSR count). The molecule has 2 aliphatic rings. The van der Waals surface area contributed by atoms with Crippen LogP contribution in [0.5, 0.6) is 0 Å². The van der Waals surface area contributed by atoms with Gasteiger partial charge in [-0.25, -0.2) is 0 Å². The van der Waals surface area contributed by atoms with Gasteiger partial charge in [0.05, 0.1) is 16.7 Å². The lowest BCUT2D eigenvalue weighted by atomic mass is 9.77. The molecule has 2 amide bonds. The van der Waals surface area contributed by atoms with Gasteiger partial charge >= 0.3 is 0 Å². The molecule has 7 heteroatoms. The maximum Gasteiger partial charge on any atom is 0.262 e. The zero-order valence-corrected chi connectivity index (χ0v) is 12.7. The first-order valence-electron chi connectivity index (χ1n) is 7.57. The zero-order valence-electron chi connectivity index (χ0n) is 12.7. The van der Waals surface area contributed by atoms with Crippen LogP contribution in [0.2, 0.25) is 0 Å². The largest absolute Gasteiger partial charge is 0.337 e. The van der Waals surface area contributed by atoms with Gasteiger partial charge in [0.15, 0.2) is 5.82 Å². The smallest absolute Gasteiger partial charge is 0.262 e. The number of amides is 2. The highest BCUT2D eigenvalue weighted by Gasteiger charge is 2.40. The Morgan fingerprint density at radius 2 is 2.00 bits per heavy atom. The van der Waals surface area contributed by atoms with Crippen molar-refractivity contribution in [3.8, 4) is 0 Å². The minimum Gasteiger partial charge on any atom is -0.337 e. The van der Waals surface area contributed by atoms with E-state index in [4.69, 9.17) is 10.3 Å². The van der Waals surface area contributed by atoms with Crippen LogP contribution in [-0.2, 0) is 12.1 Å². The van der Waals surface area contributed by atoms with E-state index < -0.39 is 5.54 Å². The lowest BCUT2D eigenvalue weighted by Gasteiger charge is -2.34. The lowest BCUT2D eigenvalue weighted by Crippen LogP contribution is -2.44. The second-order valence-electron chi connectivity index (χ2n) is 6.27. The average molecular weight is 312 g/mol. The quantitative estimate of drug-likeness (QED) is 0.862. The van der Waals surface area contributed by atoms with E-state index in [0.29, 0.717) is 17.0 Å². The third-order valence-electron chi connectivity index (χ3n) is 4.58. The van der Waals surface area contributed by atoms with Crippen molar-refractivity contribution < 1.29 is 14.1 Å². The summed E-state index contributed by atoms with van der Waals surface area (Å²) in [6.07, 6.45) is 2.68. The second-order valence-corrected chi connectivity index (χ2v) is 6.27. The first kappa shape index (κ1) is 14.1. The van der Waals surface area contributed by atoms with Crippen molar-refractivity contribution in [2.45, 2.75) is 38.3 Å². The highest BCUT2D eigenvalue weighted by atomic mass is 16.5. The number of aromatic nitrogens is 2. The standard InChI is InChI=1S/C16H16N4O3/c1-9-3-4-10-11(7-9)14(22)20(13(10)21)8-12-18-15(19-23-12)16(17)5-2-6-16/h3-4,7H,2,5-6,8,17H2,1H3. The van der Waals surface area contributed by atoms with Gasteiger partial charge in [-0.2, -0.15) is 4.98 Å². The maximum atomic E-state index is 12.4. The lowest BCUT2D eigenvalue weighted by molar-refractivity contribution is 0.0625. The highest BCUT2D eigenvalue weighted by molar-refractivity contribution is 6.21. The monoisotopic (exact) mass is 312 g/mol. The molecule has 118 valence electrons. The molecule has 23 heavy (non-hydrogen) atoms. The minimum absolute atomic E-state index is 0.0333. The zero-order chi connectivity index (χ0) is 16.2. The fourth-order valence-corrected chi connectivity index (χ4v) is 2.99. The Morgan fingerprint density at radius 3 is 2.70 bits per heavy atom. The summed E-state index contributed by atoms with van der Waals surface area (Å²) in [4.78, 5) is 30.2. The van der Waals surface area contributed by atoms with Crippen molar-refractivity contribution in [1.29, 1.82) is 0 Å². The molecule has 2 heterocycles. The number of nitrogens with zero attached hydrogens (tertiary/aromatic N) is 3. The van der Waals surface area contributed by atoms with Crippen LogP contribution in [0.3, 0.4) is 0 Å². The van der Waals surface area contributed by atoms with Crippen LogP contribution in [0.25, 0.3) is 0 Å². The van der Waals surface area contributed by atoms with E-state index in [1.807, 2.05) is 13.0 Å². The van der Waals surface area contributed by atoms with Crippen molar-refractivity contribution in [1.82, 2.24) is 15.0 Å². The van der Waals surface area contributed by atoms with E-state index in [1.54, 1.807) is 12.1 Å². The van der Waals surface area contributed by atoms with E-state index >= 15 is 0 Å². The molecule has 2 N–H and O–H groups in total. The molecule has 1 aromatic carbocycles. The summed E-state index contributed by atoms with van der Waals surface area (Å²) in [5.74, 6) is 0.00423. The molecular formula is C16H16N4O3. The van der Waals surface area contributed by atoms with Gasteiger partial charge in [0.25, 0.3) is 11.8 Å². The molecule has 7 nitrogen and oxygen atoms in total. The number of hydrogen-bond donors (Lipinski definition) is 1. The van der Waals surface area contributed by atoms with Crippen LogP contribution in [0.1, 0.15) is 57.3 Å². The number of hydrogen-bond acceptors (Lipinski definition) is 6. The number of rotatable bonds is 3. The molecular weight excluding hydrogens is 296 g/mol. The van der Waals surface area contributed by atoms with Crippen LogP contribution in [0, 0.1) is 6.92 Å². The van der Waals surface area contributed by atoms with E-state index in [2.05, 4.69) is 10.1 Å². The van der Waals surface area contributed by atoms with E-state index in [0.717, 1.165) is 29.7 Å². The SMILES string of the molecule is Cc1ccc2c(c1)C(=O)N(Cc1nc(C3(N)CCC3)no1)C2=O. The number of carbonyl (C=O) groups excluding carboxylic acids is 2. The number of carbonyl (C=O) groups is 2. The molecule has 0 bridgehead atoms. The second kappa shape index (κ2) is 4.73. The summed E-state index contributed by atoms with van der Waals surface area (Å²) < 4.78 is 5.18. The Labute approximate surface area is 132 Å². The van der Waals surface area contributed by atoms with Crippen molar-refractivity contribution in [2.75, 3.05) is 0 Å². The molecule has 1 saturated carbocycles. The third-order valence-corrected chi connectivity index (χ3v) is 4.58. The summed E-state index contributed by atoms with van der Waals surface area (Å²) in [5, 5.41) is 3.90. The first-order chi connectivity index (χ1) is 11.0. The minimum atomic E-state index is -0.527. The molecule has 1 aromatic heterocycles. The highest BCUT2D eigenvalue weighted by Crippen LogP contribution is 2.37. The molecule has 0 unspecified atom stereocenters. The van der Waals surface area contributed by atoms with Gasteiger partial charge in [0.1, 0.15) is 6.54 Å². The summed E-state index contributed by atoms with van der Waals surface area (Å²) in [6, 6.07) is 5.21. The Hall–Kier alpha value is -2.54. The van der Waals surface area contributed by atoms with Crippen LogP contribution in [0.4, 0.5) is 0 Å². The summed E-state index contributed by atoms with van der Waals surface area (Å²) in [6.45, 7) is 1.85. The molecule has 0 spiro atoms. The molecule has 1 aliphatic carbocycles. The van der Waals surface area contributed by atoms with Gasteiger partial charge in [-0.1, -0.05) is 16.8 Å². The van der Waals surface area contributed by atoms with Crippen molar-refractivity contribution in [3.63, 3.8) is 0 Å². The van der Waals surface area contributed by atoms with Crippen molar-refractivity contribution in [2.24, 2.45) is 5.73 Å². The van der Waals surface area contributed by atoms with Crippen LogP contribution < -0.4 is 5.73 Å². The molecule has 1 aliphatic heterocycles. The van der Waals surface area contributed by atoms with Gasteiger partial charge in [0, 0.05) is 0 Å². The number of fused-ring (bicyclic) bond motifs is 1. The molecule has 1 fully saturated rings. The Balaban J connectivity index is 1.58.